The molecule has 1 heterocycles. The van der Waals surface area contributed by atoms with Gasteiger partial charge in [-0.1, -0.05) is 75.6 Å². The van der Waals surface area contributed by atoms with E-state index in [1.165, 1.54) is 4.31 Å². The number of hydrogen-bond acceptors (Lipinski definition) is 3. The smallest absolute Gasteiger partial charge is 0.333 e. The van der Waals surface area contributed by atoms with E-state index in [1.54, 1.807) is 72.8 Å². The largest absolute Gasteiger partial charge is 0.478 e. The van der Waals surface area contributed by atoms with E-state index in [0.29, 0.717) is 16.1 Å². The first-order valence-electron chi connectivity index (χ1n) is 10.2. The molecule has 0 spiro atoms. The van der Waals surface area contributed by atoms with Crippen molar-refractivity contribution in [2.45, 2.75) is 30.3 Å². The summed E-state index contributed by atoms with van der Waals surface area (Å²) in [6, 6.07) is 19.0. The second-order valence-corrected chi connectivity index (χ2v) is 11.1. The van der Waals surface area contributed by atoms with Crippen LogP contribution in [-0.4, -0.2) is 23.8 Å². The topological polar surface area (TPSA) is 74.7 Å². The Balaban J connectivity index is 1.97. The number of sulfonamides is 1. The fraction of sp³-hybridized carbons (Fsp3) is 0.160. The SMILES string of the molecule is Cc1ccc(S(=O)(=O)N2[C@@H](c3ccc(Br)cc3)C(C(=O)O)=CC[C@H]2c2cccc(Cl)c2)cc1. The van der Waals surface area contributed by atoms with E-state index in [0.717, 1.165) is 10.0 Å². The molecule has 0 aromatic heterocycles. The van der Waals surface area contributed by atoms with Crippen molar-refractivity contribution in [3.63, 3.8) is 0 Å². The molecule has 0 saturated heterocycles. The van der Waals surface area contributed by atoms with Crippen LogP contribution in [-0.2, 0) is 14.8 Å². The molecule has 4 rings (SSSR count). The summed E-state index contributed by atoms with van der Waals surface area (Å²) in [7, 11) is -4.09. The quantitative estimate of drug-likeness (QED) is 0.408. The van der Waals surface area contributed by atoms with Gasteiger partial charge in [0, 0.05) is 9.50 Å². The fourth-order valence-corrected chi connectivity index (χ4v) is 6.32. The van der Waals surface area contributed by atoms with Crippen molar-refractivity contribution in [2.24, 2.45) is 0 Å². The molecule has 0 amide bonds. The first kappa shape index (κ1) is 23.7. The molecule has 0 saturated carbocycles. The lowest BCUT2D eigenvalue weighted by molar-refractivity contribution is -0.133. The van der Waals surface area contributed by atoms with E-state index in [4.69, 9.17) is 11.6 Å². The minimum Gasteiger partial charge on any atom is -0.478 e. The molecule has 5 nitrogen and oxygen atoms in total. The van der Waals surface area contributed by atoms with Gasteiger partial charge < -0.3 is 5.11 Å². The van der Waals surface area contributed by atoms with Gasteiger partial charge in [-0.2, -0.15) is 4.31 Å². The Labute approximate surface area is 206 Å². The zero-order valence-corrected chi connectivity index (χ0v) is 20.8. The molecule has 0 aliphatic carbocycles. The summed E-state index contributed by atoms with van der Waals surface area (Å²) in [6.45, 7) is 1.88. The highest BCUT2D eigenvalue weighted by Crippen LogP contribution is 2.46. The van der Waals surface area contributed by atoms with Crippen LogP contribution in [0.25, 0.3) is 0 Å². The molecule has 0 fully saturated rings. The van der Waals surface area contributed by atoms with Crippen LogP contribution in [0.2, 0.25) is 5.02 Å². The third-order valence-electron chi connectivity index (χ3n) is 5.68. The maximum atomic E-state index is 14.0. The Morgan fingerprint density at radius 3 is 2.30 bits per heavy atom. The summed E-state index contributed by atoms with van der Waals surface area (Å²) >= 11 is 9.62. The van der Waals surface area contributed by atoms with Crippen LogP contribution < -0.4 is 0 Å². The van der Waals surface area contributed by atoms with Gasteiger partial charge in [0.05, 0.1) is 22.6 Å². The first-order chi connectivity index (χ1) is 15.7. The Hall–Kier alpha value is -2.45. The van der Waals surface area contributed by atoms with Gasteiger partial charge in [0.25, 0.3) is 0 Å². The first-order valence-corrected chi connectivity index (χ1v) is 12.8. The number of rotatable bonds is 5. The maximum Gasteiger partial charge on any atom is 0.333 e. The van der Waals surface area contributed by atoms with Crippen LogP contribution in [0.4, 0.5) is 0 Å². The number of carboxylic acid groups (broad SMARTS) is 1. The molecule has 3 aromatic carbocycles. The highest BCUT2D eigenvalue weighted by Gasteiger charge is 2.44. The predicted octanol–water partition coefficient (Wildman–Crippen LogP) is 6.30. The highest BCUT2D eigenvalue weighted by atomic mass is 79.9. The average Bonchev–Trinajstić information content (AvgIpc) is 2.79. The van der Waals surface area contributed by atoms with Crippen molar-refractivity contribution in [1.29, 1.82) is 0 Å². The molecule has 1 aliphatic heterocycles. The lowest BCUT2D eigenvalue weighted by Crippen LogP contribution is -2.42. The monoisotopic (exact) mass is 545 g/mol. The third kappa shape index (κ3) is 4.77. The van der Waals surface area contributed by atoms with Gasteiger partial charge in [-0.05, 0) is 60.9 Å². The van der Waals surface area contributed by atoms with Crippen LogP contribution in [0.3, 0.4) is 0 Å². The van der Waals surface area contributed by atoms with Crippen LogP contribution in [0.15, 0.2) is 93.8 Å². The zero-order valence-electron chi connectivity index (χ0n) is 17.7. The highest BCUT2D eigenvalue weighted by molar-refractivity contribution is 9.10. The average molecular weight is 547 g/mol. The Morgan fingerprint density at radius 1 is 1.03 bits per heavy atom. The maximum absolute atomic E-state index is 14.0. The Morgan fingerprint density at radius 2 is 1.70 bits per heavy atom. The molecule has 0 radical (unpaired) electrons. The van der Waals surface area contributed by atoms with E-state index < -0.39 is 28.1 Å². The van der Waals surface area contributed by atoms with Gasteiger partial charge in [0.1, 0.15) is 0 Å². The molecular formula is C25H21BrClNO4S. The van der Waals surface area contributed by atoms with Crippen molar-refractivity contribution >= 4 is 43.5 Å². The van der Waals surface area contributed by atoms with Crippen LogP contribution >= 0.6 is 27.5 Å². The number of aryl methyl sites for hydroxylation is 1. The van der Waals surface area contributed by atoms with E-state index in [1.807, 2.05) is 13.0 Å². The van der Waals surface area contributed by atoms with Gasteiger partial charge in [0.15, 0.2) is 0 Å². The summed E-state index contributed by atoms with van der Waals surface area (Å²) in [5.41, 5.74) is 2.20. The van der Waals surface area contributed by atoms with E-state index in [2.05, 4.69) is 15.9 Å². The number of benzene rings is 3. The second kappa shape index (κ2) is 9.43. The molecule has 2 atom stereocenters. The van der Waals surface area contributed by atoms with E-state index in [9.17, 15) is 18.3 Å². The van der Waals surface area contributed by atoms with Crippen molar-refractivity contribution in [3.8, 4) is 0 Å². The van der Waals surface area contributed by atoms with E-state index >= 15 is 0 Å². The van der Waals surface area contributed by atoms with Gasteiger partial charge in [0.2, 0.25) is 10.0 Å². The van der Waals surface area contributed by atoms with Crippen LogP contribution in [0, 0.1) is 6.92 Å². The lowest BCUT2D eigenvalue weighted by Gasteiger charge is -2.40. The van der Waals surface area contributed by atoms with Crippen molar-refractivity contribution in [3.05, 3.63) is 111 Å². The molecule has 0 bridgehead atoms. The number of nitrogens with zero attached hydrogens (tertiary/aromatic N) is 1. The molecule has 0 unspecified atom stereocenters. The van der Waals surface area contributed by atoms with Crippen LogP contribution in [0.1, 0.15) is 35.2 Å². The van der Waals surface area contributed by atoms with Gasteiger partial charge in [-0.3, -0.25) is 0 Å². The van der Waals surface area contributed by atoms with Crippen LogP contribution in [0.5, 0.6) is 0 Å². The standard InChI is InChI=1S/C25H21BrClNO4S/c1-16-5-11-21(12-6-16)33(31,32)28-23(18-3-2-4-20(27)15-18)14-13-22(25(29)30)24(28)17-7-9-19(26)10-8-17/h2-13,15,23-24H,14H2,1H3,(H,29,30)/t23-,24-/m0/s1. The van der Waals surface area contributed by atoms with Gasteiger partial charge in [-0.15, -0.1) is 0 Å². The number of hydrogen-bond donors (Lipinski definition) is 1. The van der Waals surface area contributed by atoms with Gasteiger partial charge in [-0.25, -0.2) is 13.2 Å². The van der Waals surface area contributed by atoms with Gasteiger partial charge >= 0.3 is 5.97 Å². The molecule has 3 aromatic rings. The molecule has 8 heteroatoms. The molecule has 1 aliphatic rings. The summed E-state index contributed by atoms with van der Waals surface area (Å²) in [5, 5.41) is 10.5. The lowest BCUT2D eigenvalue weighted by atomic mass is 9.89. The fourth-order valence-electron chi connectivity index (χ4n) is 4.08. The molecule has 170 valence electrons. The Kier molecular flexibility index (Phi) is 6.77. The summed E-state index contributed by atoms with van der Waals surface area (Å²) in [6.07, 6.45) is 1.82. The molecule has 1 N–H and O–H groups in total. The number of aliphatic carboxylic acids is 1. The minimum absolute atomic E-state index is 0.0197. The van der Waals surface area contributed by atoms with Crippen molar-refractivity contribution < 1.29 is 18.3 Å². The normalized spacial score (nSPS) is 19.2. The zero-order chi connectivity index (χ0) is 23.8. The minimum atomic E-state index is -4.09. The predicted molar refractivity (Wildman–Crippen MR) is 132 cm³/mol. The molecular weight excluding hydrogens is 526 g/mol. The summed E-state index contributed by atoms with van der Waals surface area (Å²) < 4.78 is 30.2. The number of carbonyl (C=O) groups is 1. The number of carboxylic acids is 1. The van der Waals surface area contributed by atoms with E-state index in [-0.39, 0.29) is 16.9 Å². The third-order valence-corrected chi connectivity index (χ3v) is 8.33. The molecule has 33 heavy (non-hydrogen) atoms. The Bertz CT molecular complexity index is 1320. The second-order valence-electron chi connectivity index (χ2n) is 7.87. The summed E-state index contributed by atoms with van der Waals surface area (Å²) in [4.78, 5) is 12.3. The number of halogens is 2. The summed E-state index contributed by atoms with van der Waals surface area (Å²) in [5.74, 6) is -1.16. The van der Waals surface area contributed by atoms with Crippen molar-refractivity contribution in [1.82, 2.24) is 4.31 Å². The van der Waals surface area contributed by atoms with Crippen molar-refractivity contribution in [2.75, 3.05) is 0 Å².